The number of carbonyl (C=O) groups excluding carboxylic acids is 1. The van der Waals surface area contributed by atoms with E-state index in [0.717, 1.165) is 12.8 Å². The number of hydrogen-bond acceptors (Lipinski definition) is 2. The monoisotopic (exact) mass is 297 g/mol. The molecule has 2 saturated heterocycles. The molecule has 1 aromatic rings. The number of nitrogens with one attached hydrogen (secondary N) is 1. The Labute approximate surface area is 123 Å². The van der Waals surface area contributed by atoms with Gasteiger partial charge < -0.3 is 5.32 Å². The Morgan fingerprint density at radius 3 is 2.47 bits per heavy atom. The minimum Gasteiger partial charge on any atom is -0.311 e. The van der Waals surface area contributed by atoms with E-state index in [9.17, 15) is 4.79 Å². The highest BCUT2D eigenvalue weighted by Gasteiger charge is 2.34. The van der Waals surface area contributed by atoms with Gasteiger partial charge in [-0.15, -0.1) is 0 Å². The number of Topliss-reactive ketones (excluding diaryl/α,β-unsaturated/α-hetero) is 1. The molecule has 4 heteroatoms. The van der Waals surface area contributed by atoms with Crippen LogP contribution in [0.25, 0.3) is 0 Å². The van der Waals surface area contributed by atoms with E-state index in [4.69, 9.17) is 23.2 Å². The fraction of sp³-hybridized carbons (Fsp3) is 0.533. The second-order valence-electron chi connectivity index (χ2n) is 5.73. The van der Waals surface area contributed by atoms with Crippen LogP contribution in [-0.4, -0.2) is 17.9 Å². The van der Waals surface area contributed by atoms with Gasteiger partial charge in [0, 0.05) is 24.1 Å². The van der Waals surface area contributed by atoms with Crippen molar-refractivity contribution < 1.29 is 4.79 Å². The van der Waals surface area contributed by atoms with Gasteiger partial charge in [0.25, 0.3) is 0 Å². The maximum Gasteiger partial charge on any atom is 0.163 e. The number of rotatable bonds is 3. The Bertz CT molecular complexity index is 491. The second-order valence-corrected chi connectivity index (χ2v) is 6.55. The van der Waals surface area contributed by atoms with Gasteiger partial charge in [-0.05, 0) is 49.8 Å². The van der Waals surface area contributed by atoms with Gasteiger partial charge in [0.2, 0.25) is 0 Å². The summed E-state index contributed by atoms with van der Waals surface area (Å²) in [4.78, 5) is 12.3. The number of fused-ring (bicyclic) bond motifs is 2. The molecule has 3 rings (SSSR count). The van der Waals surface area contributed by atoms with Crippen LogP contribution in [0.3, 0.4) is 0 Å². The molecule has 0 radical (unpaired) electrons. The first-order valence-electron chi connectivity index (χ1n) is 6.86. The number of ketones is 1. The zero-order valence-corrected chi connectivity index (χ0v) is 12.2. The molecule has 0 unspecified atom stereocenters. The molecule has 0 amide bonds. The predicted molar refractivity (Wildman–Crippen MR) is 78.1 cm³/mol. The number of carbonyl (C=O) groups is 1. The van der Waals surface area contributed by atoms with Crippen molar-refractivity contribution in [3.8, 4) is 0 Å². The first-order chi connectivity index (χ1) is 9.11. The highest BCUT2D eigenvalue weighted by atomic mass is 35.5. The van der Waals surface area contributed by atoms with Gasteiger partial charge in [-0.3, -0.25) is 4.79 Å². The highest BCUT2D eigenvalue weighted by Crippen LogP contribution is 2.33. The Kier molecular flexibility index (Phi) is 3.84. The molecule has 102 valence electrons. The molecule has 0 spiro atoms. The van der Waals surface area contributed by atoms with E-state index in [2.05, 4.69) is 5.32 Å². The van der Waals surface area contributed by atoms with Crippen molar-refractivity contribution in [2.45, 2.75) is 44.2 Å². The standard InChI is InChI=1S/C15H17Cl2NO/c16-13-4-1-10(8-14(13)17)15(19)7-9-5-11-2-3-12(6-9)18-11/h1,4,8-9,11-12,18H,2-3,5-7H2/t9-,11+,12-. The predicted octanol–water partition coefficient (Wildman–Crippen LogP) is 4.10. The molecule has 1 N–H and O–H groups in total. The molecule has 2 fully saturated rings. The van der Waals surface area contributed by atoms with Crippen LogP contribution in [-0.2, 0) is 0 Å². The quantitative estimate of drug-likeness (QED) is 0.851. The van der Waals surface area contributed by atoms with Crippen LogP contribution in [0.2, 0.25) is 10.0 Å². The van der Waals surface area contributed by atoms with Crippen LogP contribution >= 0.6 is 23.2 Å². The molecule has 19 heavy (non-hydrogen) atoms. The molecule has 2 aliphatic heterocycles. The van der Waals surface area contributed by atoms with E-state index in [1.165, 1.54) is 12.8 Å². The van der Waals surface area contributed by atoms with Crippen molar-refractivity contribution in [3.05, 3.63) is 33.8 Å². The fourth-order valence-electron chi connectivity index (χ4n) is 3.39. The molecule has 1 aromatic carbocycles. The first-order valence-corrected chi connectivity index (χ1v) is 7.61. The van der Waals surface area contributed by atoms with Crippen molar-refractivity contribution in [2.75, 3.05) is 0 Å². The van der Waals surface area contributed by atoms with Crippen molar-refractivity contribution in [2.24, 2.45) is 5.92 Å². The summed E-state index contributed by atoms with van der Waals surface area (Å²) in [6, 6.07) is 6.41. The Hall–Kier alpha value is -0.570. The zero-order valence-electron chi connectivity index (χ0n) is 10.7. The molecule has 2 bridgehead atoms. The van der Waals surface area contributed by atoms with Crippen molar-refractivity contribution in [1.82, 2.24) is 5.32 Å². The van der Waals surface area contributed by atoms with Crippen LogP contribution < -0.4 is 5.32 Å². The van der Waals surface area contributed by atoms with Gasteiger partial charge in [0.05, 0.1) is 10.0 Å². The third kappa shape index (κ3) is 2.96. The first kappa shape index (κ1) is 13.4. The van der Waals surface area contributed by atoms with E-state index >= 15 is 0 Å². The van der Waals surface area contributed by atoms with Crippen LogP contribution in [0.4, 0.5) is 0 Å². The lowest BCUT2D eigenvalue weighted by Gasteiger charge is -2.28. The topological polar surface area (TPSA) is 29.1 Å². The van der Waals surface area contributed by atoms with Gasteiger partial charge in [0.15, 0.2) is 5.78 Å². The smallest absolute Gasteiger partial charge is 0.163 e. The van der Waals surface area contributed by atoms with Gasteiger partial charge in [-0.25, -0.2) is 0 Å². The van der Waals surface area contributed by atoms with E-state index in [0.29, 0.717) is 40.0 Å². The Morgan fingerprint density at radius 2 is 1.84 bits per heavy atom. The number of hydrogen-bond donors (Lipinski definition) is 1. The molecular formula is C15H17Cl2NO. The number of halogens is 2. The lowest BCUT2D eigenvalue weighted by atomic mass is 9.87. The molecule has 3 atom stereocenters. The van der Waals surface area contributed by atoms with Crippen molar-refractivity contribution >= 4 is 29.0 Å². The molecule has 2 heterocycles. The average molecular weight is 298 g/mol. The van der Waals surface area contributed by atoms with E-state index in [1.54, 1.807) is 18.2 Å². The maximum absolute atomic E-state index is 12.3. The molecule has 0 saturated carbocycles. The summed E-state index contributed by atoms with van der Waals surface area (Å²) >= 11 is 11.8. The largest absolute Gasteiger partial charge is 0.311 e. The normalized spacial score (nSPS) is 29.5. The summed E-state index contributed by atoms with van der Waals surface area (Å²) in [5.41, 5.74) is 0.681. The zero-order chi connectivity index (χ0) is 13.4. The maximum atomic E-state index is 12.3. The van der Waals surface area contributed by atoms with Crippen molar-refractivity contribution in [3.63, 3.8) is 0 Å². The van der Waals surface area contributed by atoms with Crippen LogP contribution in [0.1, 0.15) is 42.5 Å². The van der Waals surface area contributed by atoms with Gasteiger partial charge in [-0.1, -0.05) is 23.2 Å². The van der Waals surface area contributed by atoms with E-state index < -0.39 is 0 Å². The summed E-state index contributed by atoms with van der Waals surface area (Å²) in [5.74, 6) is 0.700. The number of benzene rings is 1. The van der Waals surface area contributed by atoms with Crippen LogP contribution in [0, 0.1) is 5.92 Å². The average Bonchev–Trinajstić information content (AvgIpc) is 2.72. The van der Waals surface area contributed by atoms with Crippen LogP contribution in [0.5, 0.6) is 0 Å². The minimum absolute atomic E-state index is 0.185. The van der Waals surface area contributed by atoms with Gasteiger partial charge in [0.1, 0.15) is 0 Å². The molecule has 0 aromatic heterocycles. The van der Waals surface area contributed by atoms with Crippen LogP contribution in [0.15, 0.2) is 18.2 Å². The fourth-order valence-corrected chi connectivity index (χ4v) is 3.69. The lowest BCUT2D eigenvalue weighted by Crippen LogP contribution is -2.38. The summed E-state index contributed by atoms with van der Waals surface area (Å²) in [6.07, 6.45) is 5.42. The van der Waals surface area contributed by atoms with Gasteiger partial charge >= 0.3 is 0 Å². The second kappa shape index (κ2) is 5.43. The SMILES string of the molecule is O=C(C[C@H]1C[C@H]2CC[C@@H](C1)N2)c1ccc(Cl)c(Cl)c1. The van der Waals surface area contributed by atoms with E-state index in [1.807, 2.05) is 0 Å². The summed E-state index contributed by atoms with van der Waals surface area (Å²) in [6.45, 7) is 0. The third-order valence-corrected chi connectivity index (χ3v) is 5.03. The summed E-state index contributed by atoms with van der Waals surface area (Å²) < 4.78 is 0. The Balaban J connectivity index is 1.66. The molecular weight excluding hydrogens is 281 g/mol. The van der Waals surface area contributed by atoms with E-state index in [-0.39, 0.29) is 5.78 Å². The number of piperidine rings is 1. The van der Waals surface area contributed by atoms with Gasteiger partial charge in [-0.2, -0.15) is 0 Å². The van der Waals surface area contributed by atoms with Crippen molar-refractivity contribution in [1.29, 1.82) is 0 Å². The minimum atomic E-state index is 0.185. The summed E-state index contributed by atoms with van der Waals surface area (Å²) in [5, 5.41) is 4.55. The molecule has 2 aliphatic rings. The summed E-state index contributed by atoms with van der Waals surface area (Å²) in [7, 11) is 0. The molecule has 0 aliphatic carbocycles. The molecule has 2 nitrogen and oxygen atoms in total. The Morgan fingerprint density at radius 1 is 1.16 bits per heavy atom. The highest BCUT2D eigenvalue weighted by molar-refractivity contribution is 6.42. The lowest BCUT2D eigenvalue weighted by molar-refractivity contribution is 0.0945. The third-order valence-electron chi connectivity index (χ3n) is 4.29.